The molecule has 1 aromatic carbocycles. The third-order valence-corrected chi connectivity index (χ3v) is 6.02. The Hall–Kier alpha value is -1.40. The van der Waals surface area contributed by atoms with Crippen molar-refractivity contribution < 1.29 is 9.59 Å². The number of piperidine rings is 1. The van der Waals surface area contributed by atoms with Crippen LogP contribution in [0, 0.1) is 11.8 Å². The summed E-state index contributed by atoms with van der Waals surface area (Å²) in [5, 5.41) is 3.01. The molecule has 1 N–H and O–H groups in total. The molecule has 2 fully saturated rings. The van der Waals surface area contributed by atoms with E-state index in [1.807, 2.05) is 24.3 Å². The number of anilines is 1. The van der Waals surface area contributed by atoms with Gasteiger partial charge in [0, 0.05) is 35.8 Å². The largest absolute Gasteiger partial charge is 0.354 e. The summed E-state index contributed by atoms with van der Waals surface area (Å²) in [6.45, 7) is 7.82. The maximum atomic E-state index is 12.7. The van der Waals surface area contributed by atoms with Crippen molar-refractivity contribution >= 4 is 33.4 Å². The fourth-order valence-electron chi connectivity index (χ4n) is 3.95. The second-order valence-electron chi connectivity index (χ2n) is 7.65. The van der Waals surface area contributed by atoms with Crippen LogP contribution in [0.4, 0.5) is 5.69 Å². The van der Waals surface area contributed by atoms with Crippen molar-refractivity contribution in [3.63, 3.8) is 0 Å². The Kier molecular flexibility index (Phi) is 6.35. The number of likely N-dealkylation sites (tertiary alicyclic amines) is 1. The lowest BCUT2D eigenvalue weighted by molar-refractivity contribution is -0.132. The van der Waals surface area contributed by atoms with E-state index in [0.29, 0.717) is 25.6 Å². The lowest BCUT2D eigenvalue weighted by atomic mass is 9.99. The molecule has 1 aromatic rings. The molecule has 3 unspecified atom stereocenters. The van der Waals surface area contributed by atoms with E-state index in [4.69, 9.17) is 0 Å². The Morgan fingerprint density at radius 3 is 2.88 bits per heavy atom. The van der Waals surface area contributed by atoms with Crippen molar-refractivity contribution in [3.05, 3.63) is 28.7 Å². The average Bonchev–Trinajstić information content (AvgIpc) is 3.01. The number of carbonyl (C=O) groups excluding carboxylic acids is 2. The van der Waals surface area contributed by atoms with Gasteiger partial charge in [-0.1, -0.05) is 28.9 Å². The number of benzene rings is 1. The summed E-state index contributed by atoms with van der Waals surface area (Å²) in [6, 6.07) is 7.96. The van der Waals surface area contributed by atoms with Gasteiger partial charge in [0.1, 0.15) is 5.92 Å². The molecule has 3 atom stereocenters. The second-order valence-corrected chi connectivity index (χ2v) is 8.56. The molecule has 2 heterocycles. The van der Waals surface area contributed by atoms with Crippen LogP contribution < -0.4 is 10.2 Å². The second kappa shape index (κ2) is 8.53. The van der Waals surface area contributed by atoms with Gasteiger partial charge in [-0.15, -0.1) is 0 Å². The molecule has 3 rings (SSSR count). The summed E-state index contributed by atoms with van der Waals surface area (Å²) in [5.74, 6) is -0.0808. The van der Waals surface area contributed by atoms with Crippen LogP contribution in [0.1, 0.15) is 33.1 Å². The molecule has 0 aromatic heterocycles. The molecule has 0 bridgehead atoms. The number of nitrogens with zero attached hydrogens (tertiary/aromatic N) is 2. The zero-order valence-corrected chi connectivity index (χ0v) is 17.2. The summed E-state index contributed by atoms with van der Waals surface area (Å²) in [7, 11) is 0. The first-order chi connectivity index (χ1) is 12.5. The predicted octanol–water partition coefficient (Wildman–Crippen LogP) is 3.04. The average molecular weight is 422 g/mol. The van der Waals surface area contributed by atoms with E-state index in [1.165, 1.54) is 12.8 Å². The van der Waals surface area contributed by atoms with Gasteiger partial charge >= 0.3 is 0 Å². The first kappa shape index (κ1) is 19.4. The minimum atomic E-state index is -0.568. The van der Waals surface area contributed by atoms with Gasteiger partial charge in [0.25, 0.3) is 0 Å². The van der Waals surface area contributed by atoms with E-state index in [0.717, 1.165) is 29.2 Å². The Balaban J connectivity index is 1.53. The number of hydrogen-bond acceptors (Lipinski definition) is 3. The number of nitrogens with one attached hydrogen (secondary N) is 1. The van der Waals surface area contributed by atoms with E-state index >= 15 is 0 Å². The van der Waals surface area contributed by atoms with Crippen molar-refractivity contribution in [1.29, 1.82) is 0 Å². The van der Waals surface area contributed by atoms with Crippen molar-refractivity contribution in [3.8, 4) is 0 Å². The lowest BCUT2D eigenvalue weighted by Crippen LogP contribution is -2.47. The van der Waals surface area contributed by atoms with Crippen molar-refractivity contribution in [2.45, 2.75) is 39.2 Å². The van der Waals surface area contributed by atoms with Gasteiger partial charge in [0.05, 0.1) is 0 Å². The molecule has 0 spiro atoms. The minimum absolute atomic E-state index is 0.0974. The number of rotatable bonds is 5. The van der Waals surface area contributed by atoms with Crippen LogP contribution in [-0.4, -0.2) is 48.9 Å². The van der Waals surface area contributed by atoms with Crippen molar-refractivity contribution in [2.24, 2.45) is 11.8 Å². The van der Waals surface area contributed by atoms with Crippen LogP contribution in [0.5, 0.6) is 0 Å². The Morgan fingerprint density at radius 1 is 1.35 bits per heavy atom. The molecule has 6 heteroatoms. The van der Waals surface area contributed by atoms with E-state index in [1.54, 1.807) is 4.90 Å². The molecule has 0 aliphatic carbocycles. The van der Waals surface area contributed by atoms with E-state index < -0.39 is 5.92 Å². The molecule has 0 saturated carbocycles. The number of hydrogen-bond donors (Lipinski definition) is 1. The summed E-state index contributed by atoms with van der Waals surface area (Å²) in [4.78, 5) is 29.4. The van der Waals surface area contributed by atoms with Crippen LogP contribution in [0.15, 0.2) is 28.7 Å². The third kappa shape index (κ3) is 4.46. The number of halogens is 1. The normalized spacial score (nSPS) is 25.3. The molecule has 2 saturated heterocycles. The standard InChI is InChI=1S/C20H28BrN3O2/c1-14-5-4-9-23(13-14)15(2)12-22-19(25)18-8-10-24(20(18)26)17-7-3-6-16(21)11-17/h3,6-7,11,14-15,18H,4-5,8-10,12-13H2,1-2H3,(H,22,25). The SMILES string of the molecule is CC1CCCN(C(C)CNC(=O)C2CCN(c3cccc(Br)c3)C2=O)C1. The summed E-state index contributed by atoms with van der Waals surface area (Å²) in [6.07, 6.45) is 3.09. The molecular formula is C20H28BrN3O2. The molecule has 0 radical (unpaired) electrons. The van der Waals surface area contributed by atoms with E-state index in [-0.39, 0.29) is 11.8 Å². The smallest absolute Gasteiger partial charge is 0.239 e. The van der Waals surface area contributed by atoms with Crippen LogP contribution in [0.25, 0.3) is 0 Å². The van der Waals surface area contributed by atoms with Crippen LogP contribution in [0.2, 0.25) is 0 Å². The van der Waals surface area contributed by atoms with Gasteiger partial charge in [0.2, 0.25) is 11.8 Å². The van der Waals surface area contributed by atoms with Crippen LogP contribution in [0.3, 0.4) is 0 Å². The van der Waals surface area contributed by atoms with Crippen LogP contribution in [-0.2, 0) is 9.59 Å². The molecule has 5 nitrogen and oxygen atoms in total. The monoisotopic (exact) mass is 421 g/mol. The highest BCUT2D eigenvalue weighted by molar-refractivity contribution is 9.10. The molecule has 26 heavy (non-hydrogen) atoms. The summed E-state index contributed by atoms with van der Waals surface area (Å²) < 4.78 is 0.931. The Morgan fingerprint density at radius 2 is 2.15 bits per heavy atom. The van der Waals surface area contributed by atoms with Gasteiger partial charge in [-0.3, -0.25) is 14.5 Å². The highest BCUT2D eigenvalue weighted by Gasteiger charge is 2.37. The van der Waals surface area contributed by atoms with Crippen molar-refractivity contribution in [1.82, 2.24) is 10.2 Å². The lowest BCUT2D eigenvalue weighted by Gasteiger charge is -2.35. The first-order valence-electron chi connectivity index (χ1n) is 9.54. The number of amides is 2. The maximum Gasteiger partial charge on any atom is 0.239 e. The minimum Gasteiger partial charge on any atom is -0.354 e. The summed E-state index contributed by atoms with van der Waals surface area (Å²) >= 11 is 3.43. The Labute approximate surface area is 164 Å². The number of carbonyl (C=O) groups is 2. The molecule has 142 valence electrons. The van der Waals surface area contributed by atoms with Crippen LogP contribution >= 0.6 is 15.9 Å². The third-order valence-electron chi connectivity index (χ3n) is 5.53. The fraction of sp³-hybridized carbons (Fsp3) is 0.600. The zero-order valence-electron chi connectivity index (χ0n) is 15.6. The molecule has 2 amide bonds. The van der Waals surface area contributed by atoms with E-state index in [9.17, 15) is 9.59 Å². The molecule has 2 aliphatic rings. The predicted molar refractivity (Wildman–Crippen MR) is 107 cm³/mol. The maximum absolute atomic E-state index is 12.7. The van der Waals surface area contributed by atoms with Gasteiger partial charge in [0.15, 0.2) is 0 Å². The van der Waals surface area contributed by atoms with Gasteiger partial charge in [-0.2, -0.15) is 0 Å². The zero-order chi connectivity index (χ0) is 18.7. The Bertz CT molecular complexity index is 666. The van der Waals surface area contributed by atoms with Gasteiger partial charge < -0.3 is 10.2 Å². The highest BCUT2D eigenvalue weighted by atomic mass is 79.9. The summed E-state index contributed by atoms with van der Waals surface area (Å²) in [5.41, 5.74) is 0.843. The van der Waals surface area contributed by atoms with Crippen molar-refractivity contribution in [2.75, 3.05) is 31.1 Å². The molecular weight excluding hydrogens is 394 g/mol. The van der Waals surface area contributed by atoms with E-state index in [2.05, 4.69) is 40.0 Å². The highest BCUT2D eigenvalue weighted by Crippen LogP contribution is 2.27. The first-order valence-corrected chi connectivity index (χ1v) is 10.3. The van der Waals surface area contributed by atoms with Gasteiger partial charge in [-0.05, 0) is 56.8 Å². The topological polar surface area (TPSA) is 52.7 Å². The van der Waals surface area contributed by atoms with Gasteiger partial charge in [-0.25, -0.2) is 0 Å². The fourth-order valence-corrected chi connectivity index (χ4v) is 4.34. The molecule has 2 aliphatic heterocycles. The quantitative estimate of drug-likeness (QED) is 0.743.